The maximum Gasteiger partial charge on any atom is 0.408 e. The minimum atomic E-state index is -2.09. The highest BCUT2D eigenvalue weighted by Crippen LogP contribution is 2.37. The summed E-state index contributed by atoms with van der Waals surface area (Å²) in [6, 6.07) is 14.7. The molecule has 0 saturated heterocycles. The number of anilines is 1. The van der Waals surface area contributed by atoms with Crippen molar-refractivity contribution in [2.45, 2.75) is 77.8 Å². The number of carbonyl (C=O) groups excluding carboxylic acids is 1. The summed E-state index contributed by atoms with van der Waals surface area (Å²) in [5, 5.41) is 0. The van der Waals surface area contributed by atoms with Gasteiger partial charge in [-0.1, -0.05) is 53.7 Å². The Bertz CT molecular complexity index is 782. The smallest absolute Gasteiger partial charge is 0.408 e. The maximum absolute atomic E-state index is 13.2. The van der Waals surface area contributed by atoms with E-state index >= 15 is 0 Å². The molecule has 1 aromatic heterocycles. The maximum atomic E-state index is 13.2. The molecular weight excluding hydrogens is 382 g/mol. The summed E-state index contributed by atoms with van der Waals surface area (Å²) >= 11 is 0. The minimum absolute atomic E-state index is 0.250. The lowest BCUT2D eigenvalue weighted by atomic mass is 10.3. The predicted molar refractivity (Wildman–Crippen MR) is 124 cm³/mol. The van der Waals surface area contributed by atoms with E-state index in [2.05, 4.69) is 64.0 Å². The highest BCUT2D eigenvalue weighted by Gasteiger charge is 2.45. The lowest BCUT2D eigenvalue weighted by Gasteiger charge is -2.41. The van der Waals surface area contributed by atoms with Gasteiger partial charge in [-0.15, -0.1) is 0 Å². The summed E-state index contributed by atoms with van der Waals surface area (Å²) in [6.07, 6.45) is -0.250. The van der Waals surface area contributed by atoms with Crippen LogP contribution in [0.15, 0.2) is 24.3 Å². The van der Waals surface area contributed by atoms with Crippen molar-refractivity contribution in [2.75, 3.05) is 11.7 Å². The fourth-order valence-corrected chi connectivity index (χ4v) is 12.0. The zero-order valence-electron chi connectivity index (χ0n) is 18.7. The van der Waals surface area contributed by atoms with Crippen molar-refractivity contribution in [3.05, 3.63) is 24.3 Å². The number of fused-ring (bicyclic) bond motifs is 1. The molecule has 156 valence electrons. The van der Waals surface area contributed by atoms with Gasteiger partial charge in [-0.25, -0.2) is 9.78 Å². The summed E-state index contributed by atoms with van der Waals surface area (Å²) in [5.74, 6) is 0.836. The molecule has 0 atom stereocenters. The molecule has 0 fully saturated rings. The molecule has 1 aromatic carbocycles. The van der Waals surface area contributed by atoms with Crippen molar-refractivity contribution in [1.82, 2.24) is 9.22 Å². The van der Waals surface area contributed by atoms with E-state index in [0.29, 0.717) is 0 Å². The average Bonchev–Trinajstić information content (AvgIpc) is 3.13. The number of aromatic nitrogens is 2. The van der Waals surface area contributed by atoms with Crippen LogP contribution >= 0.6 is 0 Å². The van der Waals surface area contributed by atoms with E-state index in [9.17, 15) is 4.79 Å². The number of benzene rings is 1. The molecule has 0 spiro atoms. The molecule has 7 heteroatoms. The number of hydrogen-bond acceptors (Lipinski definition) is 3. The Morgan fingerprint density at radius 1 is 0.964 bits per heavy atom. The van der Waals surface area contributed by atoms with Crippen molar-refractivity contribution in [2.24, 2.45) is 0 Å². The molecule has 0 bridgehead atoms. The van der Waals surface area contributed by atoms with Crippen LogP contribution in [0.1, 0.15) is 41.5 Å². The minimum Gasteiger partial charge on any atom is -0.453 e. The van der Waals surface area contributed by atoms with Gasteiger partial charge in [-0.05, 0) is 48.4 Å². The van der Waals surface area contributed by atoms with Crippen LogP contribution in [-0.2, 0) is 4.74 Å². The van der Waals surface area contributed by atoms with Crippen LogP contribution in [-0.4, -0.2) is 38.9 Å². The van der Waals surface area contributed by atoms with Gasteiger partial charge in [0.25, 0.3) is 0 Å². The monoisotopic (exact) mass is 419 g/mol. The van der Waals surface area contributed by atoms with Crippen LogP contribution in [0.3, 0.4) is 0 Å². The normalized spacial score (nSPS) is 12.4. The van der Waals surface area contributed by atoms with Gasteiger partial charge >= 0.3 is 6.09 Å². The first kappa shape index (κ1) is 22.7. The lowest BCUT2D eigenvalue weighted by Crippen LogP contribution is -2.58. The first-order chi connectivity index (χ1) is 13.4. The molecule has 0 aliphatic carbocycles. The first-order valence-electron chi connectivity index (χ1n) is 10.8. The second-order valence-electron chi connectivity index (χ2n) is 7.61. The molecular formula is C21H37N3O2Si2. The SMILES string of the molecule is CC[Si](CC)(CC)N(C(=O)OC)c1nc2ccccc2n1[Si](CC)(CC)CC. The molecule has 0 aliphatic heterocycles. The van der Waals surface area contributed by atoms with E-state index < -0.39 is 16.5 Å². The van der Waals surface area contributed by atoms with E-state index in [-0.39, 0.29) is 6.09 Å². The number of rotatable bonds is 9. The third-order valence-corrected chi connectivity index (χ3v) is 17.6. The van der Waals surface area contributed by atoms with Gasteiger partial charge in [0.15, 0.2) is 22.4 Å². The molecule has 0 aliphatic rings. The Hall–Kier alpha value is -1.61. The number of nitrogens with zero attached hydrogens (tertiary/aromatic N) is 3. The zero-order chi connectivity index (χ0) is 20.9. The molecule has 1 heterocycles. The third-order valence-electron chi connectivity index (χ3n) is 7.00. The highest BCUT2D eigenvalue weighted by atomic mass is 28.3. The number of ether oxygens (including phenoxy) is 1. The second-order valence-corrected chi connectivity index (χ2v) is 17.6. The van der Waals surface area contributed by atoms with Crippen molar-refractivity contribution in [3.8, 4) is 0 Å². The number of hydrogen-bond donors (Lipinski definition) is 0. The predicted octanol–water partition coefficient (Wildman–Crippen LogP) is 6.47. The number of carbonyl (C=O) groups is 1. The van der Waals surface area contributed by atoms with E-state index in [4.69, 9.17) is 9.72 Å². The Morgan fingerprint density at radius 2 is 1.50 bits per heavy atom. The van der Waals surface area contributed by atoms with Gasteiger partial charge in [0.1, 0.15) is 0 Å². The number of amides is 1. The Morgan fingerprint density at radius 3 is 1.96 bits per heavy atom. The van der Waals surface area contributed by atoms with Crippen molar-refractivity contribution in [1.29, 1.82) is 0 Å². The molecule has 1 amide bonds. The van der Waals surface area contributed by atoms with Crippen LogP contribution in [0.4, 0.5) is 10.7 Å². The molecule has 0 unspecified atom stereocenters. The van der Waals surface area contributed by atoms with Crippen LogP contribution in [0.2, 0.25) is 36.3 Å². The third kappa shape index (κ3) is 3.54. The topological polar surface area (TPSA) is 47.4 Å². The van der Waals surface area contributed by atoms with Crippen LogP contribution in [0, 0.1) is 0 Å². The molecule has 5 nitrogen and oxygen atoms in total. The van der Waals surface area contributed by atoms with E-state index in [1.807, 2.05) is 10.6 Å². The summed E-state index contributed by atoms with van der Waals surface area (Å²) in [5.41, 5.74) is 2.14. The number of imidazole rings is 1. The molecule has 0 N–H and O–H groups in total. The van der Waals surface area contributed by atoms with Crippen molar-refractivity contribution < 1.29 is 9.53 Å². The van der Waals surface area contributed by atoms with Gasteiger partial charge in [0.05, 0.1) is 18.1 Å². The van der Waals surface area contributed by atoms with Crippen molar-refractivity contribution in [3.63, 3.8) is 0 Å². The molecule has 0 radical (unpaired) electrons. The number of para-hydroxylation sites is 2. The van der Waals surface area contributed by atoms with Crippen LogP contribution < -0.4 is 4.57 Å². The van der Waals surface area contributed by atoms with Gasteiger partial charge in [-0.3, -0.25) is 4.57 Å². The summed E-state index contributed by atoms with van der Waals surface area (Å²) < 4.78 is 9.82. The van der Waals surface area contributed by atoms with Gasteiger partial charge in [0.2, 0.25) is 0 Å². The summed E-state index contributed by atoms with van der Waals surface area (Å²) in [4.78, 5) is 18.2. The Balaban J connectivity index is 2.93. The van der Waals surface area contributed by atoms with Crippen LogP contribution in [0.25, 0.3) is 11.0 Å². The van der Waals surface area contributed by atoms with Crippen LogP contribution in [0.5, 0.6) is 0 Å². The number of methoxy groups -OCH3 is 1. The Kier molecular flexibility index (Phi) is 7.50. The molecule has 0 saturated carbocycles. The summed E-state index contributed by atoms with van der Waals surface area (Å²) in [6.45, 7) is 13.5. The van der Waals surface area contributed by atoms with E-state index in [0.717, 1.165) is 53.2 Å². The second kappa shape index (κ2) is 9.26. The largest absolute Gasteiger partial charge is 0.453 e. The molecule has 2 rings (SSSR count). The highest BCUT2D eigenvalue weighted by molar-refractivity contribution is 6.86. The van der Waals surface area contributed by atoms with Gasteiger partial charge < -0.3 is 8.97 Å². The zero-order valence-corrected chi connectivity index (χ0v) is 20.7. The summed E-state index contributed by atoms with van der Waals surface area (Å²) in [7, 11) is -2.45. The molecule has 28 heavy (non-hydrogen) atoms. The van der Waals surface area contributed by atoms with Crippen molar-refractivity contribution >= 4 is 39.5 Å². The van der Waals surface area contributed by atoms with E-state index in [1.165, 1.54) is 7.11 Å². The standard InChI is InChI=1S/C21H37N3O2Si2/c1-8-27(9-2,10-3)23-19-17-15-14-16-18(19)22-20(23)24(21(25)26-7)28(11-4,12-5)13-6/h14-17H,8-13H2,1-7H3. The average molecular weight is 420 g/mol. The van der Waals surface area contributed by atoms with Gasteiger partial charge in [-0.2, -0.15) is 0 Å². The first-order valence-corrected chi connectivity index (χ1v) is 15.9. The lowest BCUT2D eigenvalue weighted by molar-refractivity contribution is 0.182. The fraction of sp³-hybridized carbons (Fsp3) is 0.619. The molecule has 2 aromatic rings. The fourth-order valence-electron chi connectivity index (χ4n) is 4.66. The quantitative estimate of drug-likeness (QED) is 0.438. The van der Waals surface area contributed by atoms with E-state index in [1.54, 1.807) is 0 Å². The van der Waals surface area contributed by atoms with Gasteiger partial charge in [0, 0.05) is 0 Å². The Labute approximate surface area is 172 Å².